The van der Waals surface area contributed by atoms with Crippen LogP contribution in [0.5, 0.6) is 0 Å². The van der Waals surface area contributed by atoms with Crippen LogP contribution in [-0.2, 0) is 0 Å². The second-order valence-electron chi connectivity index (χ2n) is 4.53. The smallest absolute Gasteiger partial charge is 0.146 e. The molecule has 1 aromatic heterocycles. The van der Waals surface area contributed by atoms with E-state index in [1.165, 1.54) is 6.42 Å². The van der Waals surface area contributed by atoms with E-state index >= 15 is 0 Å². The van der Waals surface area contributed by atoms with Crippen LogP contribution in [-0.4, -0.2) is 29.4 Å². The van der Waals surface area contributed by atoms with Gasteiger partial charge in [0.15, 0.2) is 0 Å². The highest BCUT2D eigenvalue weighted by Gasteiger charge is 2.33. The van der Waals surface area contributed by atoms with Gasteiger partial charge in [-0.2, -0.15) is 0 Å². The molecular weight excluding hydrogens is 202 g/mol. The van der Waals surface area contributed by atoms with E-state index in [1.54, 1.807) is 12.4 Å². The highest BCUT2D eigenvalue weighted by molar-refractivity contribution is 5.92. The summed E-state index contributed by atoms with van der Waals surface area (Å²) >= 11 is 0. The molecule has 0 aliphatic heterocycles. The first-order valence-corrected chi connectivity index (χ1v) is 5.45. The second-order valence-corrected chi connectivity index (χ2v) is 4.53. The van der Waals surface area contributed by atoms with Gasteiger partial charge >= 0.3 is 0 Å². The maximum absolute atomic E-state index is 7.22. The monoisotopic (exact) mass is 219 g/mol. The Bertz CT molecular complexity index is 386. The minimum atomic E-state index is -0.0440. The van der Waals surface area contributed by atoms with Gasteiger partial charge in [-0.1, -0.05) is 6.92 Å². The van der Waals surface area contributed by atoms with Crippen LogP contribution in [0.25, 0.3) is 0 Å². The number of anilines is 1. The Balaban J connectivity index is 2.00. The van der Waals surface area contributed by atoms with Crippen LogP contribution in [0.15, 0.2) is 12.4 Å². The SMILES string of the molecule is CC1CC1CN(C)c1cnc(C(=N)N)cn1. The molecule has 0 bridgehead atoms. The van der Waals surface area contributed by atoms with E-state index in [0.717, 1.165) is 24.2 Å². The molecule has 0 aromatic carbocycles. The molecule has 1 aliphatic rings. The summed E-state index contributed by atoms with van der Waals surface area (Å²) in [7, 11) is 2.02. The van der Waals surface area contributed by atoms with E-state index < -0.39 is 0 Å². The van der Waals surface area contributed by atoms with E-state index in [-0.39, 0.29) is 5.84 Å². The van der Waals surface area contributed by atoms with Crippen LogP contribution < -0.4 is 10.6 Å². The van der Waals surface area contributed by atoms with Crippen molar-refractivity contribution in [1.29, 1.82) is 5.41 Å². The third-order valence-electron chi connectivity index (χ3n) is 3.09. The van der Waals surface area contributed by atoms with Crippen LogP contribution in [0.4, 0.5) is 5.82 Å². The summed E-state index contributed by atoms with van der Waals surface area (Å²) in [5, 5.41) is 7.22. The van der Waals surface area contributed by atoms with Crippen molar-refractivity contribution in [2.45, 2.75) is 13.3 Å². The van der Waals surface area contributed by atoms with Gasteiger partial charge in [-0.05, 0) is 18.3 Å². The minimum absolute atomic E-state index is 0.0440. The topological polar surface area (TPSA) is 78.9 Å². The number of hydrogen-bond donors (Lipinski definition) is 2. The lowest BCUT2D eigenvalue weighted by atomic mass is 10.3. The van der Waals surface area contributed by atoms with Gasteiger partial charge in [-0.15, -0.1) is 0 Å². The Hall–Kier alpha value is -1.65. The van der Waals surface area contributed by atoms with Crippen LogP contribution in [0.2, 0.25) is 0 Å². The summed E-state index contributed by atoms with van der Waals surface area (Å²) in [6, 6.07) is 0. The molecule has 1 aliphatic carbocycles. The molecule has 2 atom stereocenters. The van der Waals surface area contributed by atoms with Crippen molar-refractivity contribution in [2.75, 3.05) is 18.5 Å². The highest BCUT2D eigenvalue weighted by atomic mass is 15.2. The Morgan fingerprint density at radius 1 is 1.56 bits per heavy atom. The summed E-state index contributed by atoms with van der Waals surface area (Å²) in [4.78, 5) is 10.4. The molecule has 1 fully saturated rings. The zero-order valence-corrected chi connectivity index (χ0v) is 9.64. The van der Waals surface area contributed by atoms with Crippen molar-refractivity contribution in [3.8, 4) is 0 Å². The highest BCUT2D eigenvalue weighted by Crippen LogP contribution is 2.38. The van der Waals surface area contributed by atoms with Crippen molar-refractivity contribution in [1.82, 2.24) is 9.97 Å². The van der Waals surface area contributed by atoms with Gasteiger partial charge < -0.3 is 10.6 Å². The molecule has 86 valence electrons. The lowest BCUT2D eigenvalue weighted by molar-refractivity contribution is 0.718. The van der Waals surface area contributed by atoms with Crippen molar-refractivity contribution in [2.24, 2.45) is 17.6 Å². The van der Waals surface area contributed by atoms with E-state index in [1.807, 2.05) is 7.05 Å². The zero-order valence-electron chi connectivity index (χ0n) is 9.64. The van der Waals surface area contributed by atoms with Gasteiger partial charge in [0.1, 0.15) is 17.3 Å². The zero-order chi connectivity index (χ0) is 11.7. The molecule has 0 amide bonds. The fourth-order valence-electron chi connectivity index (χ4n) is 1.76. The maximum Gasteiger partial charge on any atom is 0.146 e. The van der Waals surface area contributed by atoms with E-state index in [9.17, 15) is 0 Å². The van der Waals surface area contributed by atoms with Crippen molar-refractivity contribution < 1.29 is 0 Å². The summed E-state index contributed by atoms with van der Waals surface area (Å²) in [6.45, 7) is 3.29. The first kappa shape index (κ1) is 10.9. The predicted octanol–water partition coefficient (Wildman–Crippen LogP) is 0.853. The maximum atomic E-state index is 7.22. The molecule has 1 saturated carbocycles. The fraction of sp³-hybridized carbons (Fsp3) is 0.545. The van der Waals surface area contributed by atoms with Crippen LogP contribution in [0.1, 0.15) is 19.0 Å². The van der Waals surface area contributed by atoms with E-state index in [2.05, 4.69) is 21.8 Å². The third kappa shape index (κ3) is 2.29. The van der Waals surface area contributed by atoms with Gasteiger partial charge in [-0.3, -0.25) is 5.41 Å². The summed E-state index contributed by atoms with van der Waals surface area (Å²) in [5.74, 6) is 2.42. The minimum Gasteiger partial charge on any atom is -0.382 e. The van der Waals surface area contributed by atoms with Crippen LogP contribution in [0, 0.1) is 17.2 Å². The molecule has 1 heterocycles. The third-order valence-corrected chi connectivity index (χ3v) is 3.09. The summed E-state index contributed by atoms with van der Waals surface area (Å²) in [5.41, 5.74) is 5.74. The van der Waals surface area contributed by atoms with Crippen LogP contribution >= 0.6 is 0 Å². The van der Waals surface area contributed by atoms with Gasteiger partial charge in [-0.25, -0.2) is 9.97 Å². The molecule has 5 heteroatoms. The van der Waals surface area contributed by atoms with Crippen molar-refractivity contribution in [3.05, 3.63) is 18.1 Å². The summed E-state index contributed by atoms with van der Waals surface area (Å²) < 4.78 is 0. The molecular formula is C11H17N5. The van der Waals surface area contributed by atoms with Crippen LogP contribution in [0.3, 0.4) is 0 Å². The fourth-order valence-corrected chi connectivity index (χ4v) is 1.76. The predicted molar refractivity (Wildman–Crippen MR) is 63.6 cm³/mol. The van der Waals surface area contributed by atoms with Gasteiger partial charge in [0.2, 0.25) is 0 Å². The molecule has 0 saturated heterocycles. The van der Waals surface area contributed by atoms with E-state index in [0.29, 0.717) is 5.69 Å². The van der Waals surface area contributed by atoms with Crippen molar-refractivity contribution >= 4 is 11.7 Å². The molecule has 2 rings (SSSR count). The number of nitrogens with zero attached hydrogens (tertiary/aromatic N) is 3. The number of hydrogen-bond acceptors (Lipinski definition) is 4. The molecule has 3 N–H and O–H groups in total. The Morgan fingerprint density at radius 3 is 2.69 bits per heavy atom. The van der Waals surface area contributed by atoms with Crippen molar-refractivity contribution in [3.63, 3.8) is 0 Å². The largest absolute Gasteiger partial charge is 0.382 e. The molecule has 16 heavy (non-hydrogen) atoms. The molecule has 1 aromatic rings. The average Bonchev–Trinajstić information content (AvgIpc) is 2.94. The van der Waals surface area contributed by atoms with E-state index in [4.69, 9.17) is 11.1 Å². The number of nitrogens with one attached hydrogen (secondary N) is 1. The lowest BCUT2D eigenvalue weighted by Crippen LogP contribution is -2.22. The van der Waals surface area contributed by atoms with Gasteiger partial charge in [0.05, 0.1) is 12.4 Å². The first-order valence-electron chi connectivity index (χ1n) is 5.45. The summed E-state index contributed by atoms with van der Waals surface area (Å²) in [6.07, 6.45) is 4.53. The second kappa shape index (κ2) is 4.08. The average molecular weight is 219 g/mol. The normalized spacial score (nSPS) is 22.9. The quantitative estimate of drug-likeness (QED) is 0.581. The standard InChI is InChI=1S/C11H17N5/c1-7-3-8(7)6-16(2)10-5-14-9(4-15-10)11(12)13/h4-5,7-8H,3,6H2,1-2H3,(H3,12,13). The number of rotatable bonds is 4. The molecule has 0 spiro atoms. The molecule has 0 radical (unpaired) electrons. The number of aromatic nitrogens is 2. The van der Waals surface area contributed by atoms with Gasteiger partial charge in [0.25, 0.3) is 0 Å². The lowest BCUT2D eigenvalue weighted by Gasteiger charge is -2.17. The number of nitrogens with two attached hydrogens (primary N) is 1. The first-order chi connectivity index (χ1) is 7.58. The Morgan fingerprint density at radius 2 is 2.25 bits per heavy atom. The Kier molecular flexibility index (Phi) is 2.77. The Labute approximate surface area is 95.2 Å². The molecule has 2 unspecified atom stereocenters. The number of amidine groups is 1. The number of nitrogen functional groups attached to an aromatic ring is 1. The van der Waals surface area contributed by atoms with Gasteiger partial charge in [0, 0.05) is 13.6 Å². The molecule has 5 nitrogen and oxygen atoms in total.